The number of hydrogen-bond acceptors (Lipinski definition) is 2. The van der Waals surface area contributed by atoms with Gasteiger partial charge in [0.05, 0.1) is 10.6 Å². The lowest BCUT2D eigenvalue weighted by Gasteiger charge is -2.06. The van der Waals surface area contributed by atoms with Gasteiger partial charge in [0.15, 0.2) is 9.84 Å². The van der Waals surface area contributed by atoms with Gasteiger partial charge in [0.2, 0.25) is 0 Å². The van der Waals surface area contributed by atoms with E-state index in [9.17, 15) is 8.42 Å². The van der Waals surface area contributed by atoms with Gasteiger partial charge in [-0.3, -0.25) is 0 Å². The third-order valence-electron chi connectivity index (χ3n) is 3.97. The van der Waals surface area contributed by atoms with Crippen LogP contribution in [0.4, 0.5) is 0 Å². The molecule has 0 spiro atoms. The average Bonchev–Trinajstić information content (AvgIpc) is 2.83. The summed E-state index contributed by atoms with van der Waals surface area (Å²) >= 11 is 0. The third-order valence-corrected chi connectivity index (χ3v) is 5.63. The van der Waals surface area contributed by atoms with Crippen LogP contribution in [0.25, 0.3) is 10.9 Å². The molecule has 3 rings (SSSR count). The summed E-state index contributed by atoms with van der Waals surface area (Å²) in [4.78, 5) is 3.65. The monoisotopic (exact) mass is 313 g/mol. The number of benzene rings is 2. The maximum absolute atomic E-state index is 12.6. The molecule has 4 heteroatoms. The van der Waals surface area contributed by atoms with Crippen LogP contribution in [0.2, 0.25) is 0 Å². The number of sulfone groups is 1. The highest BCUT2D eigenvalue weighted by molar-refractivity contribution is 7.90. The van der Waals surface area contributed by atoms with E-state index in [1.54, 1.807) is 12.1 Å². The number of hydrogen-bond donors (Lipinski definition) is 1. The SMILES string of the molecule is CCc1c(CS(=O)(=O)c2ccc(C)cc2)[nH]c2ccccc12. The highest BCUT2D eigenvalue weighted by Crippen LogP contribution is 2.26. The van der Waals surface area contributed by atoms with Crippen molar-refractivity contribution in [1.82, 2.24) is 4.98 Å². The van der Waals surface area contributed by atoms with Gasteiger partial charge in [-0.1, -0.05) is 42.8 Å². The van der Waals surface area contributed by atoms with Crippen molar-refractivity contribution >= 4 is 20.7 Å². The van der Waals surface area contributed by atoms with Crippen molar-refractivity contribution in [2.45, 2.75) is 30.9 Å². The largest absolute Gasteiger partial charge is 0.357 e. The molecule has 0 fully saturated rings. The van der Waals surface area contributed by atoms with E-state index in [1.807, 2.05) is 43.3 Å². The van der Waals surface area contributed by atoms with Crippen molar-refractivity contribution < 1.29 is 8.42 Å². The van der Waals surface area contributed by atoms with Gasteiger partial charge in [-0.05, 0) is 37.1 Å². The normalized spacial score (nSPS) is 11.9. The van der Waals surface area contributed by atoms with Crippen LogP contribution in [0.15, 0.2) is 53.4 Å². The lowest BCUT2D eigenvalue weighted by Crippen LogP contribution is -2.06. The molecule has 3 nitrogen and oxygen atoms in total. The van der Waals surface area contributed by atoms with E-state index in [1.165, 1.54) is 0 Å². The van der Waals surface area contributed by atoms with E-state index < -0.39 is 9.84 Å². The first-order valence-electron chi connectivity index (χ1n) is 7.39. The van der Waals surface area contributed by atoms with Crippen LogP contribution in [0, 0.1) is 6.92 Å². The predicted octanol–water partition coefficient (Wildman–Crippen LogP) is 4.01. The molecule has 1 heterocycles. The summed E-state index contributed by atoms with van der Waals surface area (Å²) in [5.41, 5.74) is 3.93. The van der Waals surface area contributed by atoms with Gasteiger partial charge in [-0.2, -0.15) is 0 Å². The first-order chi connectivity index (χ1) is 10.5. The summed E-state index contributed by atoms with van der Waals surface area (Å²) in [5, 5.41) is 1.11. The Balaban J connectivity index is 2.03. The maximum atomic E-state index is 12.6. The van der Waals surface area contributed by atoms with Crippen molar-refractivity contribution in [2.75, 3.05) is 0 Å². The number of aromatic amines is 1. The van der Waals surface area contributed by atoms with Crippen LogP contribution in [0.5, 0.6) is 0 Å². The summed E-state index contributed by atoms with van der Waals surface area (Å²) in [6, 6.07) is 15.0. The molecule has 0 aliphatic heterocycles. The number of H-pyrrole nitrogens is 1. The van der Waals surface area contributed by atoms with Gasteiger partial charge in [0, 0.05) is 16.6 Å². The van der Waals surface area contributed by atoms with Gasteiger partial charge in [-0.15, -0.1) is 0 Å². The lowest BCUT2D eigenvalue weighted by molar-refractivity contribution is 0.594. The molecule has 1 N–H and O–H groups in total. The number of aromatic nitrogens is 1. The fraction of sp³-hybridized carbons (Fsp3) is 0.222. The predicted molar refractivity (Wildman–Crippen MR) is 89.7 cm³/mol. The van der Waals surface area contributed by atoms with Crippen molar-refractivity contribution in [2.24, 2.45) is 0 Å². The molecule has 2 aromatic carbocycles. The Kier molecular flexibility index (Phi) is 3.79. The molecule has 0 saturated heterocycles. The molecule has 0 radical (unpaired) electrons. The second-order valence-electron chi connectivity index (χ2n) is 5.55. The molecule has 1 aromatic heterocycles. The fourth-order valence-electron chi connectivity index (χ4n) is 2.80. The van der Waals surface area contributed by atoms with Gasteiger partial charge in [0.1, 0.15) is 0 Å². The second kappa shape index (κ2) is 5.61. The van der Waals surface area contributed by atoms with E-state index in [4.69, 9.17) is 0 Å². The first-order valence-corrected chi connectivity index (χ1v) is 9.04. The molecule has 0 saturated carbocycles. The number of rotatable bonds is 4. The molecular formula is C18H19NO2S. The molecule has 0 bridgehead atoms. The van der Waals surface area contributed by atoms with Crippen molar-refractivity contribution in [1.29, 1.82) is 0 Å². The molecule has 3 aromatic rings. The average molecular weight is 313 g/mol. The molecular weight excluding hydrogens is 294 g/mol. The third kappa shape index (κ3) is 2.66. The highest BCUT2D eigenvalue weighted by atomic mass is 32.2. The zero-order chi connectivity index (χ0) is 15.7. The zero-order valence-corrected chi connectivity index (χ0v) is 13.6. The molecule has 0 unspecified atom stereocenters. The van der Waals surface area contributed by atoms with E-state index in [2.05, 4.69) is 11.9 Å². The first kappa shape index (κ1) is 14.9. The zero-order valence-electron chi connectivity index (χ0n) is 12.8. The Bertz CT molecular complexity index is 906. The van der Waals surface area contributed by atoms with Crippen LogP contribution in [0.1, 0.15) is 23.7 Å². The van der Waals surface area contributed by atoms with Crippen LogP contribution in [0.3, 0.4) is 0 Å². The van der Waals surface area contributed by atoms with Crippen LogP contribution < -0.4 is 0 Å². The van der Waals surface area contributed by atoms with E-state index in [0.717, 1.165) is 34.1 Å². The van der Waals surface area contributed by atoms with Gasteiger partial charge in [0.25, 0.3) is 0 Å². The standard InChI is InChI=1S/C18H19NO2S/c1-3-15-16-6-4-5-7-17(16)19-18(15)12-22(20,21)14-10-8-13(2)9-11-14/h4-11,19H,3,12H2,1-2H3. The van der Waals surface area contributed by atoms with E-state index >= 15 is 0 Å². The molecule has 0 aliphatic carbocycles. The fourth-order valence-corrected chi connectivity index (χ4v) is 4.15. The lowest BCUT2D eigenvalue weighted by atomic mass is 10.1. The molecule has 0 atom stereocenters. The van der Waals surface area contributed by atoms with Crippen molar-refractivity contribution in [3.63, 3.8) is 0 Å². The van der Waals surface area contributed by atoms with E-state index in [-0.39, 0.29) is 5.75 Å². The summed E-state index contributed by atoms with van der Waals surface area (Å²) in [7, 11) is -3.34. The highest BCUT2D eigenvalue weighted by Gasteiger charge is 2.19. The summed E-state index contributed by atoms with van der Waals surface area (Å²) in [6.07, 6.45) is 0.808. The topological polar surface area (TPSA) is 49.9 Å². The van der Waals surface area contributed by atoms with Gasteiger partial charge in [-0.25, -0.2) is 8.42 Å². The van der Waals surface area contributed by atoms with Crippen molar-refractivity contribution in [3.05, 3.63) is 65.4 Å². The van der Waals surface area contributed by atoms with Crippen LogP contribution in [-0.4, -0.2) is 13.4 Å². The Morgan fingerprint density at radius 3 is 2.36 bits per heavy atom. The minimum atomic E-state index is -3.34. The quantitative estimate of drug-likeness (QED) is 0.791. The number of fused-ring (bicyclic) bond motifs is 1. The Morgan fingerprint density at radius 2 is 1.68 bits per heavy atom. The summed E-state index contributed by atoms with van der Waals surface area (Å²) in [6.45, 7) is 4.00. The summed E-state index contributed by atoms with van der Waals surface area (Å²) < 4.78 is 25.3. The Hall–Kier alpha value is -2.07. The number of para-hydroxylation sites is 1. The van der Waals surface area contributed by atoms with E-state index in [0.29, 0.717) is 4.90 Å². The van der Waals surface area contributed by atoms with Gasteiger partial charge < -0.3 is 4.98 Å². The second-order valence-corrected chi connectivity index (χ2v) is 7.54. The Morgan fingerprint density at radius 1 is 1.00 bits per heavy atom. The van der Waals surface area contributed by atoms with Gasteiger partial charge >= 0.3 is 0 Å². The molecule has 0 amide bonds. The Labute approximate surface area is 130 Å². The smallest absolute Gasteiger partial charge is 0.183 e. The summed E-state index contributed by atoms with van der Waals surface area (Å²) in [5.74, 6) is 0.00785. The minimum Gasteiger partial charge on any atom is -0.357 e. The number of aryl methyl sites for hydroxylation is 2. The van der Waals surface area contributed by atoms with Crippen molar-refractivity contribution in [3.8, 4) is 0 Å². The molecule has 114 valence electrons. The molecule has 22 heavy (non-hydrogen) atoms. The maximum Gasteiger partial charge on any atom is 0.183 e. The molecule has 0 aliphatic rings. The van der Waals surface area contributed by atoms with Crippen LogP contribution >= 0.6 is 0 Å². The minimum absolute atomic E-state index is 0.00785. The number of nitrogens with one attached hydrogen (secondary N) is 1. The van der Waals surface area contributed by atoms with Crippen LogP contribution in [-0.2, 0) is 22.0 Å².